The van der Waals surface area contributed by atoms with E-state index >= 15 is 0 Å². The molecular formula is C6H2FIN2. The third-order valence-electron chi connectivity index (χ3n) is 0.918. The number of nitriles is 1. The van der Waals surface area contributed by atoms with Crippen molar-refractivity contribution in [3.8, 4) is 6.07 Å². The summed E-state index contributed by atoms with van der Waals surface area (Å²) >= 11 is 1.81. The molecule has 0 amide bonds. The topological polar surface area (TPSA) is 36.7 Å². The Hall–Kier alpha value is -0.700. The molecule has 1 heterocycles. The van der Waals surface area contributed by atoms with Gasteiger partial charge in [-0.25, -0.2) is 4.98 Å². The van der Waals surface area contributed by atoms with Crippen LogP contribution >= 0.6 is 22.6 Å². The van der Waals surface area contributed by atoms with Crippen molar-refractivity contribution < 1.29 is 4.39 Å². The minimum absolute atomic E-state index is 0.109. The van der Waals surface area contributed by atoms with E-state index < -0.39 is 5.95 Å². The number of rotatable bonds is 0. The van der Waals surface area contributed by atoms with Crippen LogP contribution in [0.15, 0.2) is 12.1 Å². The SMILES string of the molecule is N#Cc1ccc(I)c(F)n1. The molecule has 0 aliphatic heterocycles. The first-order chi connectivity index (χ1) is 4.74. The summed E-state index contributed by atoms with van der Waals surface area (Å²) in [6.45, 7) is 0. The molecule has 0 atom stereocenters. The van der Waals surface area contributed by atoms with Gasteiger partial charge in [0.05, 0.1) is 3.57 Å². The fourth-order valence-corrected chi connectivity index (χ4v) is 0.780. The summed E-state index contributed by atoms with van der Waals surface area (Å²) in [6, 6.07) is 4.73. The first-order valence-electron chi connectivity index (χ1n) is 2.46. The van der Waals surface area contributed by atoms with Crippen LogP contribution in [0, 0.1) is 20.8 Å². The maximum atomic E-state index is 12.5. The van der Waals surface area contributed by atoms with Gasteiger partial charge in [-0.1, -0.05) is 0 Å². The van der Waals surface area contributed by atoms with Crippen molar-refractivity contribution in [3.05, 3.63) is 27.3 Å². The molecule has 0 aliphatic carbocycles. The van der Waals surface area contributed by atoms with Crippen LogP contribution in [0.5, 0.6) is 0 Å². The fourth-order valence-electron chi connectivity index (χ4n) is 0.480. The molecule has 1 rings (SSSR count). The predicted octanol–water partition coefficient (Wildman–Crippen LogP) is 1.70. The summed E-state index contributed by atoms with van der Waals surface area (Å²) in [5.41, 5.74) is 0.109. The van der Waals surface area contributed by atoms with Crippen LogP contribution in [0.25, 0.3) is 0 Å². The van der Waals surface area contributed by atoms with Crippen molar-refractivity contribution >= 4 is 22.6 Å². The van der Waals surface area contributed by atoms with Crippen LogP contribution in [-0.2, 0) is 0 Å². The molecular weight excluding hydrogens is 246 g/mol. The normalized spacial score (nSPS) is 8.90. The van der Waals surface area contributed by atoms with Crippen LogP contribution in [0.3, 0.4) is 0 Å². The molecule has 4 heteroatoms. The Balaban J connectivity index is 3.20. The van der Waals surface area contributed by atoms with Gasteiger partial charge < -0.3 is 0 Å². The summed E-state index contributed by atoms with van der Waals surface area (Å²) in [5.74, 6) is -0.584. The first-order valence-corrected chi connectivity index (χ1v) is 3.54. The zero-order valence-corrected chi connectivity index (χ0v) is 6.96. The second-order valence-corrected chi connectivity index (χ2v) is 2.74. The highest BCUT2D eigenvalue weighted by atomic mass is 127. The largest absolute Gasteiger partial charge is 0.227 e. The number of pyridine rings is 1. The van der Waals surface area contributed by atoms with Gasteiger partial charge in [-0.3, -0.25) is 0 Å². The Morgan fingerprint density at radius 2 is 2.30 bits per heavy atom. The molecule has 0 spiro atoms. The lowest BCUT2D eigenvalue weighted by Crippen LogP contribution is -1.89. The average molecular weight is 248 g/mol. The van der Waals surface area contributed by atoms with E-state index in [0.717, 1.165) is 0 Å². The molecule has 0 saturated heterocycles. The Kier molecular flexibility index (Phi) is 2.17. The van der Waals surface area contributed by atoms with Gasteiger partial charge in [0.1, 0.15) is 11.8 Å². The average Bonchev–Trinajstić information content (AvgIpc) is 1.95. The van der Waals surface area contributed by atoms with Gasteiger partial charge in [-0.05, 0) is 34.7 Å². The van der Waals surface area contributed by atoms with Crippen molar-refractivity contribution in [1.29, 1.82) is 5.26 Å². The quantitative estimate of drug-likeness (QED) is 0.517. The van der Waals surface area contributed by atoms with Crippen molar-refractivity contribution in [2.75, 3.05) is 0 Å². The second-order valence-electron chi connectivity index (χ2n) is 1.58. The summed E-state index contributed by atoms with van der Waals surface area (Å²) < 4.78 is 12.9. The molecule has 0 saturated carbocycles. The molecule has 0 aromatic carbocycles. The van der Waals surface area contributed by atoms with Crippen LogP contribution < -0.4 is 0 Å². The predicted molar refractivity (Wildman–Crippen MR) is 41.6 cm³/mol. The van der Waals surface area contributed by atoms with E-state index in [2.05, 4.69) is 4.98 Å². The van der Waals surface area contributed by atoms with E-state index in [1.807, 2.05) is 22.6 Å². The van der Waals surface area contributed by atoms with Crippen molar-refractivity contribution in [2.45, 2.75) is 0 Å². The minimum Gasteiger partial charge on any atom is -0.208 e. The lowest BCUT2D eigenvalue weighted by Gasteiger charge is -1.90. The molecule has 2 nitrogen and oxygen atoms in total. The molecule has 1 aromatic rings. The minimum atomic E-state index is -0.584. The van der Waals surface area contributed by atoms with E-state index in [1.165, 1.54) is 12.1 Å². The number of halogens is 2. The van der Waals surface area contributed by atoms with E-state index in [1.54, 1.807) is 6.07 Å². The Bertz CT molecular complexity index is 292. The van der Waals surface area contributed by atoms with Crippen molar-refractivity contribution in [2.24, 2.45) is 0 Å². The summed E-state index contributed by atoms with van der Waals surface area (Å²) in [5, 5.41) is 8.27. The van der Waals surface area contributed by atoms with E-state index in [4.69, 9.17) is 5.26 Å². The maximum absolute atomic E-state index is 12.5. The third kappa shape index (κ3) is 1.42. The highest BCUT2D eigenvalue weighted by Crippen LogP contribution is 2.07. The first kappa shape index (κ1) is 7.41. The molecule has 1 aromatic heterocycles. The van der Waals surface area contributed by atoms with E-state index in [0.29, 0.717) is 3.57 Å². The lowest BCUT2D eigenvalue weighted by molar-refractivity contribution is 0.574. The molecule has 10 heavy (non-hydrogen) atoms. The van der Waals surface area contributed by atoms with Crippen molar-refractivity contribution in [1.82, 2.24) is 4.98 Å². The molecule has 0 aliphatic rings. The smallest absolute Gasteiger partial charge is 0.208 e. The molecule has 0 radical (unpaired) electrons. The van der Waals surface area contributed by atoms with Gasteiger partial charge in [-0.2, -0.15) is 9.65 Å². The van der Waals surface area contributed by atoms with Crippen LogP contribution in [-0.4, -0.2) is 4.98 Å². The van der Waals surface area contributed by atoms with Crippen LogP contribution in [0.1, 0.15) is 5.69 Å². The second kappa shape index (κ2) is 2.92. The number of aromatic nitrogens is 1. The molecule has 0 unspecified atom stereocenters. The Labute approximate surface area is 70.8 Å². The van der Waals surface area contributed by atoms with Crippen LogP contribution in [0.2, 0.25) is 0 Å². The van der Waals surface area contributed by atoms with Gasteiger partial charge in [0, 0.05) is 0 Å². The zero-order chi connectivity index (χ0) is 7.56. The fraction of sp³-hybridized carbons (Fsp3) is 0. The van der Waals surface area contributed by atoms with Crippen molar-refractivity contribution in [3.63, 3.8) is 0 Å². The van der Waals surface area contributed by atoms with Gasteiger partial charge in [0.25, 0.3) is 0 Å². The van der Waals surface area contributed by atoms with E-state index in [-0.39, 0.29) is 5.69 Å². The maximum Gasteiger partial charge on any atom is 0.227 e. The van der Waals surface area contributed by atoms with Gasteiger partial charge in [0.2, 0.25) is 5.95 Å². The number of hydrogen-bond donors (Lipinski definition) is 0. The standard InChI is InChI=1S/C6H2FIN2/c7-6-5(8)2-1-4(3-9)10-6/h1-2H. The molecule has 50 valence electrons. The Morgan fingerprint density at radius 3 is 2.80 bits per heavy atom. The number of hydrogen-bond acceptors (Lipinski definition) is 2. The van der Waals surface area contributed by atoms with Gasteiger partial charge in [0.15, 0.2) is 0 Å². The monoisotopic (exact) mass is 248 g/mol. The summed E-state index contributed by atoms with van der Waals surface area (Å²) in [7, 11) is 0. The zero-order valence-electron chi connectivity index (χ0n) is 4.81. The summed E-state index contributed by atoms with van der Waals surface area (Å²) in [6.07, 6.45) is 0. The van der Waals surface area contributed by atoms with Crippen LogP contribution in [0.4, 0.5) is 4.39 Å². The molecule has 0 fully saturated rings. The highest BCUT2D eigenvalue weighted by Gasteiger charge is 1.99. The lowest BCUT2D eigenvalue weighted by atomic mass is 10.4. The summed E-state index contributed by atoms with van der Waals surface area (Å²) in [4.78, 5) is 3.36. The number of nitrogens with zero attached hydrogens (tertiary/aromatic N) is 2. The van der Waals surface area contributed by atoms with E-state index in [9.17, 15) is 4.39 Å². The molecule has 0 bridgehead atoms. The van der Waals surface area contributed by atoms with Gasteiger partial charge in [-0.15, -0.1) is 0 Å². The molecule has 0 N–H and O–H groups in total. The third-order valence-corrected chi connectivity index (χ3v) is 1.72. The van der Waals surface area contributed by atoms with Gasteiger partial charge >= 0.3 is 0 Å². The highest BCUT2D eigenvalue weighted by molar-refractivity contribution is 14.1. The Morgan fingerprint density at radius 1 is 1.60 bits per heavy atom.